The lowest BCUT2D eigenvalue weighted by atomic mass is 10.0. The van der Waals surface area contributed by atoms with Gasteiger partial charge < -0.3 is 5.11 Å². The van der Waals surface area contributed by atoms with Crippen LogP contribution in [0, 0.1) is 6.92 Å². The Morgan fingerprint density at radius 3 is 2.52 bits per heavy atom. The van der Waals surface area contributed by atoms with Gasteiger partial charge >= 0.3 is 0 Å². The molecular formula is C18H13ClN2O3S. The molecule has 1 fully saturated rings. The van der Waals surface area contributed by atoms with E-state index in [9.17, 15) is 14.7 Å². The number of carbonyl (C=O) groups is 2. The molecule has 0 aromatic heterocycles. The molecule has 1 saturated heterocycles. The number of phenolic OH excluding ortho intramolecular Hbond substituents is 1. The van der Waals surface area contributed by atoms with E-state index < -0.39 is 11.8 Å². The maximum atomic E-state index is 12.8. The number of nitrogens with one attached hydrogen (secondary N) is 1. The molecule has 2 aromatic rings. The second-order valence-electron chi connectivity index (χ2n) is 5.50. The van der Waals surface area contributed by atoms with Crippen LogP contribution in [0.5, 0.6) is 5.75 Å². The van der Waals surface area contributed by atoms with E-state index in [1.54, 1.807) is 36.4 Å². The van der Waals surface area contributed by atoms with Gasteiger partial charge in [0.25, 0.3) is 11.8 Å². The van der Waals surface area contributed by atoms with Crippen LogP contribution >= 0.6 is 23.8 Å². The third-order valence-electron chi connectivity index (χ3n) is 3.67. The second kappa shape index (κ2) is 6.66. The summed E-state index contributed by atoms with van der Waals surface area (Å²) in [6.45, 7) is 1.85. The smallest absolute Gasteiger partial charge is 0.270 e. The first-order valence-electron chi connectivity index (χ1n) is 7.33. The van der Waals surface area contributed by atoms with E-state index in [-0.39, 0.29) is 16.4 Å². The van der Waals surface area contributed by atoms with Crippen LogP contribution in [0.15, 0.2) is 48.0 Å². The summed E-state index contributed by atoms with van der Waals surface area (Å²) >= 11 is 11.0. The van der Waals surface area contributed by atoms with E-state index in [4.69, 9.17) is 23.8 Å². The molecule has 1 heterocycles. The predicted molar refractivity (Wildman–Crippen MR) is 100 cm³/mol. The summed E-state index contributed by atoms with van der Waals surface area (Å²) in [5.41, 5.74) is 1.63. The molecule has 2 aromatic carbocycles. The summed E-state index contributed by atoms with van der Waals surface area (Å²) in [5.74, 6) is -1.21. The largest absolute Gasteiger partial charge is 0.507 e. The van der Waals surface area contributed by atoms with E-state index in [1.807, 2.05) is 6.92 Å². The minimum Gasteiger partial charge on any atom is -0.507 e. The molecule has 0 saturated carbocycles. The van der Waals surface area contributed by atoms with Crippen LogP contribution in [-0.4, -0.2) is 22.0 Å². The van der Waals surface area contributed by atoms with Crippen LogP contribution < -0.4 is 10.2 Å². The summed E-state index contributed by atoms with van der Waals surface area (Å²) in [6, 6.07) is 11.4. The fourth-order valence-electron chi connectivity index (χ4n) is 2.43. The molecule has 7 heteroatoms. The summed E-state index contributed by atoms with van der Waals surface area (Å²) in [4.78, 5) is 26.3. The molecular weight excluding hydrogens is 360 g/mol. The van der Waals surface area contributed by atoms with Gasteiger partial charge in [-0.1, -0.05) is 23.2 Å². The fourth-order valence-corrected chi connectivity index (χ4v) is 2.83. The summed E-state index contributed by atoms with van der Waals surface area (Å²) in [7, 11) is 0. The van der Waals surface area contributed by atoms with Gasteiger partial charge in [0, 0.05) is 10.6 Å². The Balaban J connectivity index is 2.05. The van der Waals surface area contributed by atoms with E-state index in [1.165, 1.54) is 17.0 Å². The van der Waals surface area contributed by atoms with Crippen molar-refractivity contribution in [1.82, 2.24) is 5.32 Å². The lowest BCUT2D eigenvalue weighted by Crippen LogP contribution is -2.54. The number of anilines is 1. The highest BCUT2D eigenvalue weighted by atomic mass is 35.5. The van der Waals surface area contributed by atoms with Gasteiger partial charge in [0.05, 0.1) is 5.69 Å². The normalized spacial score (nSPS) is 16.3. The first-order chi connectivity index (χ1) is 11.9. The van der Waals surface area contributed by atoms with Crippen molar-refractivity contribution in [3.05, 3.63) is 64.2 Å². The molecule has 3 rings (SSSR count). The van der Waals surface area contributed by atoms with Crippen molar-refractivity contribution < 1.29 is 14.7 Å². The van der Waals surface area contributed by atoms with Crippen molar-refractivity contribution in [2.45, 2.75) is 6.92 Å². The number of rotatable bonds is 2. The number of hydrogen-bond acceptors (Lipinski definition) is 4. The van der Waals surface area contributed by atoms with Gasteiger partial charge in [0.2, 0.25) is 0 Å². The molecule has 1 aliphatic rings. The van der Waals surface area contributed by atoms with Crippen LogP contribution in [0.3, 0.4) is 0 Å². The van der Waals surface area contributed by atoms with Crippen LogP contribution in [0.2, 0.25) is 5.02 Å². The van der Waals surface area contributed by atoms with Crippen LogP contribution in [0.1, 0.15) is 11.1 Å². The topological polar surface area (TPSA) is 69.6 Å². The Morgan fingerprint density at radius 2 is 1.84 bits per heavy atom. The number of halogens is 1. The molecule has 25 heavy (non-hydrogen) atoms. The molecule has 2 N–H and O–H groups in total. The SMILES string of the molecule is Cc1ccc(O)c(/C=C2/C(=O)NC(=S)N(c3ccc(Cl)cc3)C2=O)c1. The van der Waals surface area contributed by atoms with Crippen molar-refractivity contribution in [1.29, 1.82) is 0 Å². The lowest BCUT2D eigenvalue weighted by molar-refractivity contribution is -0.122. The number of thiocarbonyl (C=S) groups is 1. The van der Waals surface area contributed by atoms with E-state index in [0.717, 1.165) is 5.56 Å². The Hall–Kier alpha value is -2.70. The molecule has 126 valence electrons. The van der Waals surface area contributed by atoms with Crippen molar-refractivity contribution in [2.24, 2.45) is 0 Å². The highest BCUT2D eigenvalue weighted by molar-refractivity contribution is 7.80. The Bertz CT molecular complexity index is 922. The quantitative estimate of drug-likeness (QED) is 0.482. The minimum atomic E-state index is -0.610. The summed E-state index contributed by atoms with van der Waals surface area (Å²) < 4.78 is 0. The van der Waals surface area contributed by atoms with Gasteiger partial charge in [-0.15, -0.1) is 0 Å². The number of phenols is 1. The monoisotopic (exact) mass is 372 g/mol. The number of aryl methyl sites for hydroxylation is 1. The zero-order valence-electron chi connectivity index (χ0n) is 13.1. The van der Waals surface area contributed by atoms with Gasteiger partial charge in [0.15, 0.2) is 5.11 Å². The summed E-state index contributed by atoms with van der Waals surface area (Å²) in [5, 5.41) is 13.0. The second-order valence-corrected chi connectivity index (χ2v) is 6.32. The van der Waals surface area contributed by atoms with Crippen LogP contribution in [-0.2, 0) is 9.59 Å². The van der Waals surface area contributed by atoms with E-state index in [0.29, 0.717) is 16.3 Å². The Morgan fingerprint density at radius 1 is 1.16 bits per heavy atom. The number of amides is 2. The van der Waals surface area contributed by atoms with E-state index in [2.05, 4.69) is 5.32 Å². The molecule has 0 bridgehead atoms. The zero-order valence-corrected chi connectivity index (χ0v) is 14.7. The first kappa shape index (κ1) is 17.1. The molecule has 0 radical (unpaired) electrons. The molecule has 2 amide bonds. The highest BCUT2D eigenvalue weighted by Gasteiger charge is 2.34. The molecule has 1 aliphatic heterocycles. The standard InChI is InChI=1S/C18H13ClN2O3S/c1-10-2-7-15(22)11(8-10)9-14-16(23)20-18(25)21(17(14)24)13-5-3-12(19)4-6-13/h2-9,22H,1H3,(H,20,23,25)/b14-9-. The Kier molecular flexibility index (Phi) is 4.57. The van der Waals surface area contributed by atoms with Crippen molar-refractivity contribution in [3.63, 3.8) is 0 Å². The number of aromatic hydroxyl groups is 1. The van der Waals surface area contributed by atoms with Crippen LogP contribution in [0.25, 0.3) is 6.08 Å². The van der Waals surface area contributed by atoms with Gasteiger partial charge in [-0.25, -0.2) is 0 Å². The molecule has 0 atom stereocenters. The molecule has 0 aliphatic carbocycles. The van der Waals surface area contributed by atoms with Crippen LogP contribution in [0.4, 0.5) is 5.69 Å². The average molecular weight is 373 g/mol. The number of benzene rings is 2. The maximum absolute atomic E-state index is 12.8. The van der Waals surface area contributed by atoms with Gasteiger partial charge in [-0.05, 0) is 61.6 Å². The average Bonchev–Trinajstić information content (AvgIpc) is 2.56. The fraction of sp³-hybridized carbons (Fsp3) is 0.0556. The number of carbonyl (C=O) groups excluding carboxylic acids is 2. The third-order valence-corrected chi connectivity index (χ3v) is 4.21. The molecule has 0 unspecified atom stereocenters. The zero-order chi connectivity index (χ0) is 18.1. The van der Waals surface area contributed by atoms with Crippen molar-refractivity contribution >= 4 is 52.5 Å². The van der Waals surface area contributed by atoms with Gasteiger partial charge in [-0.3, -0.25) is 19.8 Å². The number of nitrogens with zero attached hydrogens (tertiary/aromatic N) is 1. The third kappa shape index (κ3) is 3.40. The minimum absolute atomic E-state index is 0.0112. The molecule has 5 nitrogen and oxygen atoms in total. The van der Waals surface area contributed by atoms with E-state index >= 15 is 0 Å². The van der Waals surface area contributed by atoms with Gasteiger partial charge in [0.1, 0.15) is 11.3 Å². The van der Waals surface area contributed by atoms with Crippen molar-refractivity contribution in [3.8, 4) is 5.75 Å². The molecule has 0 spiro atoms. The Labute approximate surface area is 154 Å². The first-order valence-corrected chi connectivity index (χ1v) is 8.12. The number of hydrogen-bond donors (Lipinski definition) is 2. The van der Waals surface area contributed by atoms with Gasteiger partial charge in [-0.2, -0.15) is 0 Å². The maximum Gasteiger partial charge on any atom is 0.270 e. The lowest BCUT2D eigenvalue weighted by Gasteiger charge is -2.29. The predicted octanol–water partition coefficient (Wildman–Crippen LogP) is 3.19. The summed E-state index contributed by atoms with van der Waals surface area (Å²) in [6.07, 6.45) is 1.35. The van der Waals surface area contributed by atoms with Crippen molar-refractivity contribution in [2.75, 3.05) is 4.90 Å². The highest BCUT2D eigenvalue weighted by Crippen LogP contribution is 2.26.